The van der Waals surface area contributed by atoms with Gasteiger partial charge >= 0.3 is 5.97 Å². The molecule has 20 heavy (non-hydrogen) atoms. The van der Waals surface area contributed by atoms with Crippen LogP contribution in [0.15, 0.2) is 23.1 Å². The number of aromatic nitrogens is 2. The first-order valence-corrected chi connectivity index (χ1v) is 7.73. The van der Waals surface area contributed by atoms with E-state index in [-0.39, 0.29) is 21.2 Å². The van der Waals surface area contributed by atoms with Crippen molar-refractivity contribution in [2.24, 2.45) is 0 Å². The smallest absolute Gasteiger partial charge is 0.335 e. The van der Waals surface area contributed by atoms with Crippen molar-refractivity contribution in [3.63, 3.8) is 0 Å². The van der Waals surface area contributed by atoms with Crippen LogP contribution >= 0.6 is 11.5 Å². The van der Waals surface area contributed by atoms with E-state index < -0.39 is 16.0 Å². The van der Waals surface area contributed by atoms with Crippen molar-refractivity contribution in [2.45, 2.75) is 18.7 Å². The number of nitrogens with zero attached hydrogens (tertiary/aromatic N) is 2. The van der Waals surface area contributed by atoms with Gasteiger partial charge in [-0.15, -0.1) is 0 Å². The molecule has 0 radical (unpaired) electrons. The van der Waals surface area contributed by atoms with E-state index in [1.807, 2.05) is 0 Å². The summed E-state index contributed by atoms with van der Waals surface area (Å²) in [6, 6.07) is 4.08. The SMILES string of the molecule is Cc1nsc(NS(=O)(=O)c2cccc(C(=O)O)c2C)n1. The summed E-state index contributed by atoms with van der Waals surface area (Å²) in [6.07, 6.45) is 0. The quantitative estimate of drug-likeness (QED) is 0.888. The van der Waals surface area contributed by atoms with Gasteiger partial charge in [0.25, 0.3) is 10.0 Å². The van der Waals surface area contributed by atoms with Crippen molar-refractivity contribution in [3.8, 4) is 0 Å². The van der Waals surface area contributed by atoms with Gasteiger partial charge in [0.1, 0.15) is 5.82 Å². The molecule has 0 atom stereocenters. The number of carbonyl (C=O) groups is 1. The number of rotatable bonds is 4. The molecule has 0 unspecified atom stereocenters. The summed E-state index contributed by atoms with van der Waals surface area (Å²) in [5.74, 6) is -0.713. The number of hydrogen-bond acceptors (Lipinski definition) is 6. The van der Waals surface area contributed by atoms with Crippen molar-refractivity contribution in [1.82, 2.24) is 9.36 Å². The number of aromatic carboxylic acids is 1. The van der Waals surface area contributed by atoms with Crippen LogP contribution in [-0.4, -0.2) is 28.9 Å². The Bertz CT molecular complexity index is 768. The molecule has 106 valence electrons. The number of hydrogen-bond donors (Lipinski definition) is 2. The third-order valence-electron chi connectivity index (χ3n) is 2.55. The van der Waals surface area contributed by atoms with Gasteiger partial charge in [-0.3, -0.25) is 4.72 Å². The minimum Gasteiger partial charge on any atom is -0.478 e. The van der Waals surface area contributed by atoms with Crippen molar-refractivity contribution < 1.29 is 18.3 Å². The van der Waals surface area contributed by atoms with E-state index in [9.17, 15) is 13.2 Å². The Morgan fingerprint density at radius 1 is 1.35 bits per heavy atom. The van der Waals surface area contributed by atoms with Gasteiger partial charge in [0.2, 0.25) is 5.13 Å². The zero-order chi connectivity index (χ0) is 14.9. The van der Waals surface area contributed by atoms with Gasteiger partial charge in [-0.25, -0.2) is 18.2 Å². The molecule has 7 nitrogen and oxygen atoms in total. The molecule has 1 aromatic heterocycles. The molecular formula is C11H11N3O4S2. The summed E-state index contributed by atoms with van der Waals surface area (Å²) < 4.78 is 30.6. The van der Waals surface area contributed by atoms with Crippen LogP contribution in [0.25, 0.3) is 0 Å². The highest BCUT2D eigenvalue weighted by molar-refractivity contribution is 7.93. The molecule has 0 aliphatic carbocycles. The third kappa shape index (κ3) is 2.78. The van der Waals surface area contributed by atoms with Crippen molar-refractivity contribution in [1.29, 1.82) is 0 Å². The first kappa shape index (κ1) is 14.4. The van der Waals surface area contributed by atoms with E-state index in [1.54, 1.807) is 6.92 Å². The zero-order valence-electron chi connectivity index (χ0n) is 10.6. The van der Waals surface area contributed by atoms with E-state index in [2.05, 4.69) is 14.1 Å². The Kier molecular flexibility index (Phi) is 3.73. The number of benzene rings is 1. The minimum atomic E-state index is -3.89. The first-order valence-electron chi connectivity index (χ1n) is 5.47. The highest BCUT2D eigenvalue weighted by atomic mass is 32.2. The summed E-state index contributed by atoms with van der Waals surface area (Å²) in [6.45, 7) is 3.09. The monoisotopic (exact) mass is 313 g/mol. The van der Waals surface area contributed by atoms with Crippen LogP contribution in [0.1, 0.15) is 21.7 Å². The molecule has 0 saturated carbocycles. The maximum atomic E-state index is 12.2. The number of carboxylic acids is 1. The lowest BCUT2D eigenvalue weighted by Crippen LogP contribution is -2.15. The van der Waals surface area contributed by atoms with Gasteiger partial charge < -0.3 is 5.11 Å². The van der Waals surface area contributed by atoms with Crippen LogP contribution in [0.3, 0.4) is 0 Å². The topological polar surface area (TPSA) is 109 Å². The fraction of sp³-hybridized carbons (Fsp3) is 0.182. The van der Waals surface area contributed by atoms with Crippen LogP contribution in [0, 0.1) is 13.8 Å². The van der Waals surface area contributed by atoms with Crippen LogP contribution in [0.5, 0.6) is 0 Å². The van der Waals surface area contributed by atoms with Gasteiger partial charge in [-0.2, -0.15) is 4.37 Å². The molecule has 0 amide bonds. The minimum absolute atomic E-state index is 0.0543. The number of carboxylic acid groups (broad SMARTS) is 1. The van der Waals surface area contributed by atoms with E-state index in [1.165, 1.54) is 25.1 Å². The van der Waals surface area contributed by atoms with Gasteiger partial charge in [0, 0.05) is 11.5 Å². The molecule has 2 aromatic rings. The zero-order valence-corrected chi connectivity index (χ0v) is 12.2. The summed E-state index contributed by atoms with van der Waals surface area (Å²) >= 11 is 0.920. The molecule has 2 N–H and O–H groups in total. The fourth-order valence-corrected chi connectivity index (χ4v) is 3.71. The Balaban J connectivity index is 2.44. The molecule has 9 heteroatoms. The Labute approximate surface area is 119 Å². The highest BCUT2D eigenvalue weighted by Crippen LogP contribution is 2.22. The normalized spacial score (nSPS) is 11.3. The summed E-state index contributed by atoms with van der Waals surface area (Å²) in [7, 11) is -3.89. The van der Waals surface area contributed by atoms with Crippen LogP contribution in [0.2, 0.25) is 0 Å². The number of nitrogens with one attached hydrogen (secondary N) is 1. The summed E-state index contributed by atoms with van der Waals surface area (Å²) in [4.78, 5) is 14.8. The number of sulfonamides is 1. The lowest BCUT2D eigenvalue weighted by atomic mass is 10.1. The molecule has 0 spiro atoms. The third-order valence-corrected chi connectivity index (χ3v) is 4.89. The Morgan fingerprint density at radius 2 is 2.05 bits per heavy atom. The largest absolute Gasteiger partial charge is 0.478 e. The molecular weight excluding hydrogens is 302 g/mol. The molecule has 2 rings (SSSR count). The second-order valence-corrected chi connectivity index (χ2v) is 6.39. The van der Waals surface area contributed by atoms with Crippen LogP contribution in [-0.2, 0) is 10.0 Å². The Morgan fingerprint density at radius 3 is 2.60 bits per heavy atom. The molecule has 0 aliphatic rings. The maximum absolute atomic E-state index is 12.2. The van der Waals surface area contributed by atoms with Crippen molar-refractivity contribution in [3.05, 3.63) is 35.2 Å². The molecule has 0 saturated heterocycles. The van der Waals surface area contributed by atoms with E-state index in [4.69, 9.17) is 5.11 Å². The van der Waals surface area contributed by atoms with E-state index in [0.29, 0.717) is 5.82 Å². The molecule has 0 bridgehead atoms. The van der Waals surface area contributed by atoms with Crippen LogP contribution < -0.4 is 4.72 Å². The van der Waals surface area contributed by atoms with Crippen molar-refractivity contribution >= 4 is 32.7 Å². The number of aryl methyl sites for hydroxylation is 1. The lowest BCUT2D eigenvalue weighted by molar-refractivity contribution is 0.0696. The van der Waals surface area contributed by atoms with Gasteiger partial charge in [0.05, 0.1) is 10.5 Å². The average molecular weight is 313 g/mol. The molecule has 1 aromatic carbocycles. The van der Waals surface area contributed by atoms with Crippen molar-refractivity contribution in [2.75, 3.05) is 4.72 Å². The van der Waals surface area contributed by atoms with Gasteiger partial charge in [-0.1, -0.05) is 6.07 Å². The average Bonchev–Trinajstić information content (AvgIpc) is 2.73. The van der Waals surface area contributed by atoms with E-state index in [0.717, 1.165) is 11.5 Å². The second-order valence-electron chi connectivity index (χ2n) is 3.99. The van der Waals surface area contributed by atoms with Crippen LogP contribution in [0.4, 0.5) is 5.13 Å². The summed E-state index contributed by atoms with van der Waals surface area (Å²) in [5.41, 5.74) is 0.120. The fourth-order valence-electron chi connectivity index (χ4n) is 1.65. The molecule has 0 fully saturated rings. The Hall–Kier alpha value is -2.00. The maximum Gasteiger partial charge on any atom is 0.335 e. The lowest BCUT2D eigenvalue weighted by Gasteiger charge is -2.09. The molecule has 1 heterocycles. The predicted molar refractivity (Wildman–Crippen MR) is 73.6 cm³/mol. The first-order chi connectivity index (χ1) is 9.31. The second kappa shape index (κ2) is 5.17. The van der Waals surface area contributed by atoms with Gasteiger partial charge in [-0.05, 0) is 31.5 Å². The molecule has 0 aliphatic heterocycles. The summed E-state index contributed by atoms with van der Waals surface area (Å²) in [5, 5.41) is 9.15. The predicted octanol–water partition coefficient (Wildman–Crippen LogP) is 1.65. The number of anilines is 1. The highest BCUT2D eigenvalue weighted by Gasteiger charge is 2.21. The standard InChI is InChI=1S/C11H11N3O4S2/c1-6-8(10(15)16)4-3-5-9(6)20(17,18)14-11-12-7(2)13-19-11/h3-5H,1-2H3,(H,15,16)(H,12,13,14). The van der Waals surface area contributed by atoms with E-state index >= 15 is 0 Å². The van der Waals surface area contributed by atoms with Gasteiger partial charge in [0.15, 0.2) is 0 Å².